The quantitative estimate of drug-likeness (QED) is 0.878. The van der Waals surface area contributed by atoms with E-state index in [4.69, 9.17) is 0 Å². The van der Waals surface area contributed by atoms with Gasteiger partial charge in [-0.15, -0.1) is 0 Å². The highest BCUT2D eigenvalue weighted by molar-refractivity contribution is 7.89. The first kappa shape index (κ1) is 15.3. The van der Waals surface area contributed by atoms with Crippen LogP contribution in [0.15, 0.2) is 29.2 Å². The summed E-state index contributed by atoms with van der Waals surface area (Å²) < 4.78 is 26.3. The number of benzene rings is 1. The monoisotopic (exact) mass is 296 g/mol. The van der Waals surface area contributed by atoms with Crippen molar-refractivity contribution in [2.75, 3.05) is 18.9 Å². The predicted molar refractivity (Wildman–Crippen MR) is 82.3 cm³/mol. The summed E-state index contributed by atoms with van der Waals surface area (Å²) in [6, 6.07) is 7.08. The van der Waals surface area contributed by atoms with Crippen LogP contribution in [0.4, 0.5) is 5.69 Å². The molecule has 0 aromatic heterocycles. The second-order valence-corrected chi connectivity index (χ2v) is 7.46. The maximum absolute atomic E-state index is 12.0. The number of rotatable bonds is 5. The van der Waals surface area contributed by atoms with E-state index in [1.807, 2.05) is 12.1 Å². The standard InChI is InChI=1S/C15H24N2O2S/c1-12-7-3-4-8-13(12)11-17-14-9-5-6-10-15(14)20(18,19)16-2/h5-6,9-10,12-13,16-17H,3-4,7-8,11H2,1-2H3. The summed E-state index contributed by atoms with van der Waals surface area (Å²) in [5.74, 6) is 1.35. The van der Waals surface area contributed by atoms with Crippen LogP contribution in [0.3, 0.4) is 0 Å². The molecule has 0 aliphatic heterocycles. The van der Waals surface area contributed by atoms with Crippen molar-refractivity contribution in [3.05, 3.63) is 24.3 Å². The second-order valence-electron chi connectivity index (χ2n) is 5.61. The van der Waals surface area contributed by atoms with Crippen molar-refractivity contribution < 1.29 is 8.42 Å². The fourth-order valence-electron chi connectivity index (χ4n) is 2.89. The first-order valence-corrected chi connectivity index (χ1v) is 8.79. The largest absolute Gasteiger partial charge is 0.384 e. The van der Waals surface area contributed by atoms with Gasteiger partial charge < -0.3 is 5.32 Å². The van der Waals surface area contributed by atoms with Crippen molar-refractivity contribution >= 4 is 15.7 Å². The maximum atomic E-state index is 12.0. The van der Waals surface area contributed by atoms with E-state index in [1.165, 1.54) is 32.7 Å². The maximum Gasteiger partial charge on any atom is 0.242 e. The lowest BCUT2D eigenvalue weighted by molar-refractivity contribution is 0.268. The van der Waals surface area contributed by atoms with Gasteiger partial charge in [0.15, 0.2) is 0 Å². The van der Waals surface area contributed by atoms with Crippen molar-refractivity contribution in [3.63, 3.8) is 0 Å². The van der Waals surface area contributed by atoms with Gasteiger partial charge in [-0.3, -0.25) is 0 Å². The third-order valence-electron chi connectivity index (χ3n) is 4.29. The van der Waals surface area contributed by atoms with E-state index in [9.17, 15) is 8.42 Å². The summed E-state index contributed by atoms with van der Waals surface area (Å²) in [5.41, 5.74) is 0.694. The molecule has 1 aromatic rings. The molecule has 1 aliphatic rings. The van der Waals surface area contributed by atoms with Crippen LogP contribution in [0.5, 0.6) is 0 Å². The van der Waals surface area contributed by atoms with E-state index in [-0.39, 0.29) is 0 Å². The van der Waals surface area contributed by atoms with E-state index in [2.05, 4.69) is 17.0 Å². The molecule has 1 saturated carbocycles. The van der Waals surface area contributed by atoms with Gasteiger partial charge in [-0.1, -0.05) is 38.3 Å². The van der Waals surface area contributed by atoms with E-state index in [0.717, 1.165) is 6.54 Å². The minimum absolute atomic E-state index is 0.325. The third-order valence-corrected chi connectivity index (χ3v) is 5.76. The number of sulfonamides is 1. The van der Waals surface area contributed by atoms with Gasteiger partial charge in [-0.05, 0) is 37.4 Å². The van der Waals surface area contributed by atoms with Crippen molar-refractivity contribution in [2.45, 2.75) is 37.5 Å². The minimum Gasteiger partial charge on any atom is -0.384 e. The Kier molecular flexibility index (Phi) is 5.05. The van der Waals surface area contributed by atoms with Crippen LogP contribution < -0.4 is 10.0 Å². The van der Waals surface area contributed by atoms with Gasteiger partial charge in [0.2, 0.25) is 10.0 Å². The summed E-state index contributed by atoms with van der Waals surface area (Å²) in [6.07, 6.45) is 5.12. The Balaban J connectivity index is 2.10. The second kappa shape index (κ2) is 6.59. The summed E-state index contributed by atoms with van der Waals surface area (Å²) >= 11 is 0. The van der Waals surface area contributed by atoms with Gasteiger partial charge >= 0.3 is 0 Å². The van der Waals surface area contributed by atoms with E-state index >= 15 is 0 Å². The van der Waals surface area contributed by atoms with Gasteiger partial charge in [0, 0.05) is 6.54 Å². The summed E-state index contributed by atoms with van der Waals surface area (Å²) in [7, 11) is -1.97. The molecule has 20 heavy (non-hydrogen) atoms. The molecule has 4 nitrogen and oxygen atoms in total. The molecule has 2 atom stereocenters. The highest BCUT2D eigenvalue weighted by atomic mass is 32.2. The Morgan fingerprint density at radius 1 is 1.20 bits per heavy atom. The normalized spacial score (nSPS) is 23.5. The van der Waals surface area contributed by atoms with Crippen LogP contribution in [-0.2, 0) is 10.0 Å². The lowest BCUT2D eigenvalue weighted by Crippen LogP contribution is -2.26. The topological polar surface area (TPSA) is 58.2 Å². The molecular formula is C15H24N2O2S. The molecule has 2 unspecified atom stereocenters. The van der Waals surface area contributed by atoms with Crippen molar-refractivity contribution in [2.24, 2.45) is 11.8 Å². The summed E-state index contributed by atoms with van der Waals surface area (Å²) in [4.78, 5) is 0.325. The van der Waals surface area contributed by atoms with Gasteiger partial charge in [-0.2, -0.15) is 0 Å². The first-order chi connectivity index (χ1) is 9.54. The lowest BCUT2D eigenvalue weighted by Gasteiger charge is -2.29. The molecule has 0 spiro atoms. The molecule has 112 valence electrons. The molecule has 2 N–H and O–H groups in total. The molecule has 5 heteroatoms. The Labute approximate surface area is 122 Å². The Morgan fingerprint density at radius 3 is 2.60 bits per heavy atom. The molecule has 0 heterocycles. The molecule has 0 bridgehead atoms. The molecule has 2 rings (SSSR count). The highest BCUT2D eigenvalue weighted by Crippen LogP contribution is 2.30. The third kappa shape index (κ3) is 3.52. The number of nitrogens with one attached hydrogen (secondary N) is 2. The van der Waals surface area contributed by atoms with Crippen LogP contribution in [-0.4, -0.2) is 22.0 Å². The number of hydrogen-bond acceptors (Lipinski definition) is 3. The predicted octanol–water partition coefficient (Wildman–Crippen LogP) is 2.83. The summed E-state index contributed by atoms with van der Waals surface area (Å²) in [5, 5.41) is 3.33. The van der Waals surface area contributed by atoms with E-state index in [1.54, 1.807) is 12.1 Å². The molecule has 1 fully saturated rings. The van der Waals surface area contributed by atoms with Gasteiger partial charge in [0.05, 0.1) is 5.69 Å². The zero-order valence-electron chi connectivity index (χ0n) is 12.2. The lowest BCUT2D eigenvalue weighted by atomic mass is 9.80. The van der Waals surface area contributed by atoms with Crippen LogP contribution in [0, 0.1) is 11.8 Å². The molecular weight excluding hydrogens is 272 g/mol. The van der Waals surface area contributed by atoms with Gasteiger partial charge in [-0.25, -0.2) is 13.1 Å². The Morgan fingerprint density at radius 2 is 1.90 bits per heavy atom. The van der Waals surface area contributed by atoms with Gasteiger partial charge in [0.1, 0.15) is 4.90 Å². The van der Waals surface area contributed by atoms with Crippen molar-refractivity contribution in [1.82, 2.24) is 4.72 Å². The molecule has 0 saturated heterocycles. The molecule has 0 radical (unpaired) electrons. The summed E-state index contributed by atoms with van der Waals surface area (Å²) in [6.45, 7) is 3.14. The zero-order valence-corrected chi connectivity index (χ0v) is 13.0. The minimum atomic E-state index is -3.41. The van der Waals surface area contributed by atoms with E-state index < -0.39 is 10.0 Å². The zero-order chi connectivity index (χ0) is 14.6. The van der Waals surface area contributed by atoms with E-state index in [0.29, 0.717) is 22.4 Å². The molecule has 1 aromatic carbocycles. The van der Waals surface area contributed by atoms with Crippen molar-refractivity contribution in [3.8, 4) is 0 Å². The smallest absolute Gasteiger partial charge is 0.242 e. The SMILES string of the molecule is CNS(=O)(=O)c1ccccc1NCC1CCCCC1C. The Hall–Kier alpha value is -1.07. The van der Waals surface area contributed by atoms with Crippen LogP contribution in [0.25, 0.3) is 0 Å². The number of anilines is 1. The van der Waals surface area contributed by atoms with Crippen LogP contribution in [0.2, 0.25) is 0 Å². The number of hydrogen-bond donors (Lipinski definition) is 2. The molecule has 0 amide bonds. The highest BCUT2D eigenvalue weighted by Gasteiger charge is 2.22. The molecule has 1 aliphatic carbocycles. The van der Waals surface area contributed by atoms with Crippen LogP contribution in [0.1, 0.15) is 32.6 Å². The number of para-hydroxylation sites is 1. The van der Waals surface area contributed by atoms with Crippen LogP contribution >= 0.6 is 0 Å². The average molecular weight is 296 g/mol. The average Bonchev–Trinajstić information content (AvgIpc) is 2.47. The first-order valence-electron chi connectivity index (χ1n) is 7.31. The van der Waals surface area contributed by atoms with Crippen molar-refractivity contribution in [1.29, 1.82) is 0 Å². The fraction of sp³-hybridized carbons (Fsp3) is 0.600. The Bertz CT molecular complexity index is 543. The fourth-order valence-corrected chi connectivity index (χ4v) is 3.80. The van der Waals surface area contributed by atoms with Gasteiger partial charge in [0.25, 0.3) is 0 Å².